The maximum atomic E-state index is 12.8. The van der Waals surface area contributed by atoms with Crippen molar-refractivity contribution in [1.82, 2.24) is 15.2 Å². The van der Waals surface area contributed by atoms with Gasteiger partial charge in [-0.3, -0.25) is 9.78 Å². The molecule has 3 aromatic rings. The lowest BCUT2D eigenvalue weighted by atomic mass is 10.2. The van der Waals surface area contributed by atoms with Crippen molar-refractivity contribution in [1.29, 1.82) is 0 Å². The Morgan fingerprint density at radius 3 is 2.74 bits per heavy atom. The summed E-state index contributed by atoms with van der Waals surface area (Å²) in [4.78, 5) is 16.1. The van der Waals surface area contributed by atoms with Gasteiger partial charge in [-0.2, -0.15) is 13.2 Å². The molecule has 2 heterocycles. The van der Waals surface area contributed by atoms with Crippen molar-refractivity contribution in [2.24, 2.45) is 0 Å². The van der Waals surface area contributed by atoms with Gasteiger partial charge in [0.25, 0.3) is 11.1 Å². The van der Waals surface area contributed by atoms with Crippen LogP contribution in [0.5, 0.6) is 0 Å². The number of amides is 1. The van der Waals surface area contributed by atoms with Crippen LogP contribution < -0.4 is 5.32 Å². The van der Waals surface area contributed by atoms with Crippen LogP contribution in [0, 0.1) is 0 Å². The molecule has 0 saturated carbocycles. The molecule has 0 spiro atoms. The van der Waals surface area contributed by atoms with Crippen LogP contribution in [0.4, 0.5) is 18.9 Å². The Morgan fingerprint density at radius 1 is 1.22 bits per heavy atom. The number of halogens is 4. The molecule has 0 fully saturated rings. The van der Waals surface area contributed by atoms with Gasteiger partial charge in [0.1, 0.15) is 5.69 Å². The number of benzene rings is 1. The number of anilines is 1. The van der Waals surface area contributed by atoms with E-state index in [-0.39, 0.29) is 27.6 Å². The van der Waals surface area contributed by atoms with E-state index in [4.69, 9.17) is 16.0 Å². The summed E-state index contributed by atoms with van der Waals surface area (Å²) in [6.07, 6.45) is -2.97. The van der Waals surface area contributed by atoms with E-state index in [0.29, 0.717) is 5.69 Å². The van der Waals surface area contributed by atoms with Gasteiger partial charge in [-0.05, 0) is 30.3 Å². The van der Waals surface area contributed by atoms with Crippen LogP contribution in [-0.4, -0.2) is 26.8 Å². The van der Waals surface area contributed by atoms with Crippen molar-refractivity contribution in [3.63, 3.8) is 0 Å². The van der Waals surface area contributed by atoms with Crippen molar-refractivity contribution < 1.29 is 22.4 Å². The molecule has 0 aliphatic heterocycles. The maximum absolute atomic E-state index is 12.8. The second kappa shape index (κ2) is 7.97. The zero-order valence-corrected chi connectivity index (χ0v) is 14.9. The highest BCUT2D eigenvalue weighted by atomic mass is 35.5. The Kier molecular flexibility index (Phi) is 5.66. The van der Waals surface area contributed by atoms with E-state index < -0.39 is 17.6 Å². The summed E-state index contributed by atoms with van der Waals surface area (Å²) in [6, 6.07) is 7.86. The lowest BCUT2D eigenvalue weighted by Gasteiger charge is -2.11. The molecule has 0 unspecified atom stereocenters. The lowest BCUT2D eigenvalue weighted by molar-refractivity contribution is -0.137. The fourth-order valence-electron chi connectivity index (χ4n) is 1.97. The minimum atomic E-state index is -4.54. The SMILES string of the molecule is O=C(CSc1nnc(-c2ccccn2)o1)Nc1cc(C(F)(F)F)ccc1Cl. The highest BCUT2D eigenvalue weighted by molar-refractivity contribution is 7.99. The second-order valence-corrected chi connectivity index (χ2v) is 6.45. The third-order valence-electron chi connectivity index (χ3n) is 3.18. The largest absolute Gasteiger partial charge is 0.416 e. The Bertz CT molecular complexity index is 950. The number of carbonyl (C=O) groups is 1. The van der Waals surface area contributed by atoms with Crippen LogP contribution in [-0.2, 0) is 11.0 Å². The van der Waals surface area contributed by atoms with Crippen molar-refractivity contribution >= 4 is 35.0 Å². The Labute approximate surface area is 160 Å². The third kappa shape index (κ3) is 4.98. The summed E-state index contributed by atoms with van der Waals surface area (Å²) < 4.78 is 43.6. The smallest absolute Gasteiger partial charge is 0.410 e. The average molecular weight is 415 g/mol. The predicted octanol–water partition coefficient (Wildman–Crippen LogP) is 4.53. The number of carbonyl (C=O) groups excluding carboxylic acids is 1. The number of aromatic nitrogens is 3. The number of nitrogens with one attached hydrogen (secondary N) is 1. The molecule has 1 aromatic carbocycles. The summed E-state index contributed by atoms with van der Waals surface area (Å²) in [5.74, 6) is -0.533. The molecule has 0 radical (unpaired) electrons. The zero-order valence-electron chi connectivity index (χ0n) is 13.3. The lowest BCUT2D eigenvalue weighted by Crippen LogP contribution is -2.15. The maximum Gasteiger partial charge on any atom is 0.416 e. The minimum Gasteiger partial charge on any atom is -0.410 e. The molecule has 0 atom stereocenters. The topological polar surface area (TPSA) is 80.9 Å². The number of pyridine rings is 1. The van der Waals surface area contributed by atoms with Crippen molar-refractivity contribution in [2.75, 3.05) is 11.1 Å². The monoisotopic (exact) mass is 414 g/mol. The molecule has 11 heteroatoms. The van der Waals surface area contributed by atoms with Crippen molar-refractivity contribution in [3.05, 3.63) is 53.2 Å². The van der Waals surface area contributed by atoms with Crippen LogP contribution in [0.25, 0.3) is 11.6 Å². The normalized spacial score (nSPS) is 11.4. The Morgan fingerprint density at radius 2 is 2.04 bits per heavy atom. The first-order chi connectivity index (χ1) is 12.8. The molecule has 27 heavy (non-hydrogen) atoms. The number of thioether (sulfide) groups is 1. The summed E-state index contributed by atoms with van der Waals surface area (Å²) >= 11 is 6.78. The van der Waals surface area contributed by atoms with Crippen molar-refractivity contribution in [2.45, 2.75) is 11.4 Å². The number of nitrogens with zero attached hydrogens (tertiary/aromatic N) is 3. The van der Waals surface area contributed by atoms with E-state index in [9.17, 15) is 18.0 Å². The van der Waals surface area contributed by atoms with Crippen LogP contribution in [0.2, 0.25) is 5.02 Å². The van der Waals surface area contributed by atoms with Gasteiger partial charge in [-0.1, -0.05) is 29.4 Å². The fourth-order valence-corrected chi connectivity index (χ4v) is 2.70. The standard InChI is InChI=1S/C16H10ClF3N4O2S/c17-10-5-4-9(16(18,19)20)7-12(10)22-13(25)8-27-15-24-23-14(26-15)11-3-1-2-6-21-11/h1-7H,8H2,(H,22,25). The van der Waals surface area contributed by atoms with Gasteiger partial charge in [-0.25, -0.2) is 0 Å². The summed E-state index contributed by atoms with van der Waals surface area (Å²) in [5.41, 5.74) is -0.555. The third-order valence-corrected chi connectivity index (χ3v) is 4.33. The predicted molar refractivity (Wildman–Crippen MR) is 93.3 cm³/mol. The molecular weight excluding hydrogens is 405 g/mol. The Hall–Kier alpha value is -2.59. The number of alkyl halides is 3. The van der Waals surface area contributed by atoms with E-state index in [2.05, 4.69) is 20.5 Å². The molecule has 2 aromatic heterocycles. The molecule has 0 aliphatic carbocycles. The van der Waals surface area contributed by atoms with Gasteiger partial charge in [0.15, 0.2) is 0 Å². The van der Waals surface area contributed by atoms with Gasteiger partial charge >= 0.3 is 6.18 Å². The van der Waals surface area contributed by atoms with E-state index >= 15 is 0 Å². The molecule has 140 valence electrons. The van der Waals surface area contributed by atoms with Gasteiger partial charge < -0.3 is 9.73 Å². The van der Waals surface area contributed by atoms with Crippen LogP contribution in [0.3, 0.4) is 0 Å². The molecule has 3 rings (SSSR count). The molecule has 1 N–H and O–H groups in total. The van der Waals surface area contributed by atoms with E-state index in [1.807, 2.05) is 0 Å². The summed E-state index contributed by atoms with van der Waals surface area (Å²) in [5, 5.41) is 10.1. The number of hydrogen-bond acceptors (Lipinski definition) is 6. The first kappa shape index (κ1) is 19.2. The van der Waals surface area contributed by atoms with Gasteiger partial charge in [0.05, 0.1) is 22.0 Å². The molecule has 0 bridgehead atoms. The van der Waals surface area contributed by atoms with E-state index in [1.54, 1.807) is 24.4 Å². The van der Waals surface area contributed by atoms with E-state index in [0.717, 1.165) is 30.0 Å². The highest BCUT2D eigenvalue weighted by Gasteiger charge is 2.31. The van der Waals surface area contributed by atoms with E-state index in [1.165, 1.54) is 0 Å². The first-order valence-electron chi connectivity index (χ1n) is 7.37. The average Bonchev–Trinajstić information content (AvgIpc) is 3.11. The molecule has 0 saturated heterocycles. The Balaban J connectivity index is 1.62. The first-order valence-corrected chi connectivity index (χ1v) is 8.73. The molecular formula is C16H10ClF3N4O2S. The van der Waals surface area contributed by atoms with Crippen LogP contribution >= 0.6 is 23.4 Å². The van der Waals surface area contributed by atoms with Crippen LogP contribution in [0.15, 0.2) is 52.2 Å². The van der Waals surface area contributed by atoms with Gasteiger partial charge in [0.2, 0.25) is 5.91 Å². The number of hydrogen-bond donors (Lipinski definition) is 1. The quantitative estimate of drug-likeness (QED) is 0.617. The molecule has 0 aliphatic rings. The minimum absolute atomic E-state index is 0.00317. The van der Waals surface area contributed by atoms with Crippen LogP contribution in [0.1, 0.15) is 5.56 Å². The highest BCUT2D eigenvalue weighted by Crippen LogP contribution is 2.34. The number of rotatable bonds is 5. The molecule has 1 amide bonds. The fraction of sp³-hybridized carbons (Fsp3) is 0.125. The summed E-state index contributed by atoms with van der Waals surface area (Å²) in [6.45, 7) is 0. The zero-order chi connectivity index (χ0) is 19.4. The summed E-state index contributed by atoms with van der Waals surface area (Å²) in [7, 11) is 0. The van der Waals surface area contributed by atoms with Crippen molar-refractivity contribution in [3.8, 4) is 11.6 Å². The van der Waals surface area contributed by atoms with Gasteiger partial charge in [0, 0.05) is 6.20 Å². The second-order valence-electron chi connectivity index (χ2n) is 5.12. The van der Waals surface area contributed by atoms with Gasteiger partial charge in [-0.15, -0.1) is 10.2 Å². The molecule has 6 nitrogen and oxygen atoms in total.